The van der Waals surface area contributed by atoms with Gasteiger partial charge in [0.2, 0.25) is 10.0 Å². The maximum absolute atomic E-state index is 12.1. The summed E-state index contributed by atoms with van der Waals surface area (Å²) in [6.45, 7) is 6.47. The van der Waals surface area contributed by atoms with Crippen LogP contribution in [-0.2, 0) is 15.8 Å². The molecule has 1 N–H and O–H groups in total. The summed E-state index contributed by atoms with van der Waals surface area (Å²) in [5.74, 6) is 0.775. The Labute approximate surface area is 138 Å². The average Bonchev–Trinajstić information content (AvgIpc) is 2.47. The van der Waals surface area contributed by atoms with Crippen LogP contribution in [0.25, 0.3) is 0 Å². The van der Waals surface area contributed by atoms with E-state index in [0.29, 0.717) is 6.61 Å². The molecule has 2 rings (SSSR count). The van der Waals surface area contributed by atoms with Gasteiger partial charge in [0.25, 0.3) is 0 Å². The lowest BCUT2D eigenvalue weighted by Crippen LogP contribution is -2.29. The Balaban J connectivity index is 1.84. The van der Waals surface area contributed by atoms with Crippen molar-refractivity contribution in [2.24, 2.45) is 0 Å². The minimum Gasteiger partial charge on any atom is -0.492 e. The molecule has 0 aliphatic heterocycles. The van der Waals surface area contributed by atoms with Gasteiger partial charge < -0.3 is 4.74 Å². The molecule has 0 aromatic heterocycles. The third-order valence-electron chi connectivity index (χ3n) is 3.62. The minimum atomic E-state index is -3.36. The zero-order valence-corrected chi connectivity index (χ0v) is 14.6. The Morgan fingerprint density at radius 2 is 1.74 bits per heavy atom. The fourth-order valence-electron chi connectivity index (χ4n) is 2.35. The van der Waals surface area contributed by atoms with Gasteiger partial charge in [0, 0.05) is 6.54 Å². The summed E-state index contributed by atoms with van der Waals surface area (Å²) in [5, 5.41) is 0. The highest BCUT2D eigenvalue weighted by molar-refractivity contribution is 7.88. The van der Waals surface area contributed by atoms with Crippen LogP contribution in [0.5, 0.6) is 5.75 Å². The van der Waals surface area contributed by atoms with Crippen molar-refractivity contribution in [2.45, 2.75) is 26.5 Å². The third kappa shape index (κ3) is 5.37. The summed E-state index contributed by atoms with van der Waals surface area (Å²) in [5.41, 5.74) is 4.02. The molecule has 0 atom stereocenters. The van der Waals surface area contributed by atoms with E-state index in [4.69, 9.17) is 4.74 Å². The van der Waals surface area contributed by atoms with E-state index < -0.39 is 10.0 Å². The zero-order chi connectivity index (χ0) is 16.9. The summed E-state index contributed by atoms with van der Waals surface area (Å²) < 4.78 is 32.4. The maximum Gasteiger partial charge on any atom is 0.215 e. The van der Waals surface area contributed by atoms with Gasteiger partial charge in [0.15, 0.2) is 0 Å². The van der Waals surface area contributed by atoms with Crippen LogP contribution in [0.1, 0.15) is 22.3 Å². The Kier molecular flexibility index (Phi) is 5.80. The van der Waals surface area contributed by atoms with E-state index in [1.54, 1.807) is 0 Å². The van der Waals surface area contributed by atoms with Crippen molar-refractivity contribution in [3.05, 3.63) is 64.7 Å². The van der Waals surface area contributed by atoms with Crippen LogP contribution in [0, 0.1) is 20.8 Å². The fraction of sp³-hybridized carbons (Fsp3) is 0.333. The van der Waals surface area contributed by atoms with Gasteiger partial charge in [-0.2, -0.15) is 0 Å². The Bertz CT molecular complexity index is 770. The second-order valence-corrected chi connectivity index (χ2v) is 7.50. The molecule has 0 amide bonds. The molecular weight excluding hydrogens is 310 g/mol. The number of rotatable bonds is 7. The molecule has 0 saturated carbocycles. The first-order chi connectivity index (χ1) is 10.9. The van der Waals surface area contributed by atoms with E-state index in [0.717, 1.165) is 22.4 Å². The highest BCUT2D eigenvalue weighted by Gasteiger charge is 2.12. The van der Waals surface area contributed by atoms with E-state index in [1.807, 2.05) is 63.2 Å². The predicted molar refractivity (Wildman–Crippen MR) is 93.2 cm³/mol. The van der Waals surface area contributed by atoms with Gasteiger partial charge in [-0.3, -0.25) is 0 Å². The van der Waals surface area contributed by atoms with Crippen molar-refractivity contribution in [1.29, 1.82) is 0 Å². The molecule has 0 aliphatic carbocycles. The van der Waals surface area contributed by atoms with Gasteiger partial charge >= 0.3 is 0 Å². The molecule has 0 bridgehead atoms. The molecule has 5 heteroatoms. The van der Waals surface area contributed by atoms with E-state index in [1.165, 1.54) is 5.56 Å². The van der Waals surface area contributed by atoms with Crippen molar-refractivity contribution in [3.8, 4) is 5.75 Å². The van der Waals surface area contributed by atoms with E-state index in [9.17, 15) is 8.42 Å². The Morgan fingerprint density at radius 3 is 2.43 bits per heavy atom. The van der Waals surface area contributed by atoms with Crippen molar-refractivity contribution in [3.63, 3.8) is 0 Å². The van der Waals surface area contributed by atoms with E-state index in [-0.39, 0.29) is 12.3 Å². The lowest BCUT2D eigenvalue weighted by atomic mass is 10.1. The quantitative estimate of drug-likeness (QED) is 0.792. The summed E-state index contributed by atoms with van der Waals surface area (Å²) in [6, 6.07) is 13.4. The number of benzene rings is 2. The number of sulfonamides is 1. The SMILES string of the molecule is Cc1ccc(OCCNS(=O)(=O)Cc2ccccc2C)c(C)c1. The molecule has 0 fully saturated rings. The minimum absolute atomic E-state index is 0.0107. The van der Waals surface area contributed by atoms with Crippen LogP contribution < -0.4 is 9.46 Å². The standard InChI is InChI=1S/C18H23NO3S/c1-14-8-9-18(16(3)12-14)22-11-10-19-23(20,21)13-17-7-5-4-6-15(17)2/h4-9,12,19H,10-11,13H2,1-3H3. The number of nitrogens with one attached hydrogen (secondary N) is 1. The highest BCUT2D eigenvalue weighted by Crippen LogP contribution is 2.18. The van der Waals surface area contributed by atoms with Gasteiger partial charge in [0.05, 0.1) is 5.75 Å². The molecule has 124 valence electrons. The first-order valence-electron chi connectivity index (χ1n) is 7.59. The van der Waals surface area contributed by atoms with Crippen LogP contribution >= 0.6 is 0 Å². The second kappa shape index (κ2) is 7.62. The smallest absolute Gasteiger partial charge is 0.215 e. The molecule has 0 radical (unpaired) electrons. The van der Waals surface area contributed by atoms with Gasteiger partial charge in [-0.25, -0.2) is 13.1 Å². The first-order valence-corrected chi connectivity index (χ1v) is 9.24. The molecule has 2 aromatic rings. The summed E-state index contributed by atoms with van der Waals surface area (Å²) in [7, 11) is -3.36. The summed E-state index contributed by atoms with van der Waals surface area (Å²) in [4.78, 5) is 0. The van der Waals surface area contributed by atoms with Crippen molar-refractivity contribution < 1.29 is 13.2 Å². The number of aryl methyl sites for hydroxylation is 3. The monoisotopic (exact) mass is 333 g/mol. The average molecular weight is 333 g/mol. The van der Waals surface area contributed by atoms with Crippen molar-refractivity contribution >= 4 is 10.0 Å². The summed E-state index contributed by atoms with van der Waals surface area (Å²) in [6.07, 6.45) is 0. The number of hydrogen-bond donors (Lipinski definition) is 1. The lowest BCUT2D eigenvalue weighted by molar-refractivity contribution is 0.320. The van der Waals surface area contributed by atoms with Gasteiger partial charge in [-0.1, -0.05) is 42.0 Å². The van der Waals surface area contributed by atoms with Crippen molar-refractivity contribution in [1.82, 2.24) is 4.72 Å². The van der Waals surface area contributed by atoms with Crippen LogP contribution in [0.2, 0.25) is 0 Å². The van der Waals surface area contributed by atoms with Crippen LogP contribution in [0.15, 0.2) is 42.5 Å². The van der Waals surface area contributed by atoms with E-state index >= 15 is 0 Å². The molecule has 0 unspecified atom stereocenters. The normalized spacial score (nSPS) is 11.4. The molecule has 23 heavy (non-hydrogen) atoms. The van der Waals surface area contributed by atoms with Gasteiger partial charge in [0.1, 0.15) is 12.4 Å². The number of hydrogen-bond acceptors (Lipinski definition) is 3. The van der Waals surface area contributed by atoms with E-state index in [2.05, 4.69) is 4.72 Å². The zero-order valence-electron chi connectivity index (χ0n) is 13.8. The Hall–Kier alpha value is -1.85. The topological polar surface area (TPSA) is 55.4 Å². The predicted octanol–water partition coefficient (Wildman–Crippen LogP) is 3.11. The lowest BCUT2D eigenvalue weighted by Gasteiger charge is -2.11. The van der Waals surface area contributed by atoms with Crippen LogP contribution in [0.3, 0.4) is 0 Å². The molecular formula is C18H23NO3S. The molecule has 0 saturated heterocycles. The molecule has 4 nitrogen and oxygen atoms in total. The van der Waals surface area contributed by atoms with Crippen molar-refractivity contribution in [2.75, 3.05) is 13.2 Å². The molecule has 2 aromatic carbocycles. The number of ether oxygens (including phenoxy) is 1. The largest absolute Gasteiger partial charge is 0.492 e. The first kappa shape index (κ1) is 17.5. The summed E-state index contributed by atoms with van der Waals surface area (Å²) >= 11 is 0. The fourth-order valence-corrected chi connectivity index (χ4v) is 3.58. The maximum atomic E-state index is 12.1. The van der Waals surface area contributed by atoms with Gasteiger partial charge in [-0.15, -0.1) is 0 Å². The van der Waals surface area contributed by atoms with Gasteiger partial charge in [-0.05, 0) is 43.5 Å². The molecule has 0 heterocycles. The molecule has 0 aliphatic rings. The molecule has 0 spiro atoms. The van der Waals surface area contributed by atoms with Crippen LogP contribution in [0.4, 0.5) is 0 Å². The Morgan fingerprint density at radius 1 is 1.00 bits per heavy atom. The second-order valence-electron chi connectivity index (χ2n) is 5.70. The highest BCUT2D eigenvalue weighted by atomic mass is 32.2. The van der Waals surface area contributed by atoms with Crippen LogP contribution in [-0.4, -0.2) is 21.6 Å². The third-order valence-corrected chi connectivity index (χ3v) is 4.95.